The standard InChI is InChI=1S/C15H15F3N6O5/c16-15(17,18)13(28)20-3-1-2-8-21-10-11(22-14(19)23-12(10)27)24(8)9-4-6(26)7(5-25)29-9/h6-7,9,25-26H,3-5H2,(H,20,28)(H3,19,22,23,27)/t6-,7+,9+/m0/s1. The Morgan fingerprint density at radius 1 is 1.45 bits per heavy atom. The SMILES string of the molecule is Nc1nc2c(nc(C#CCNC(=O)C(F)(F)F)n2[C@H]2C[C@H](O)[C@@H](CO)O2)c(=O)[nH]1. The predicted molar refractivity (Wildman–Crippen MR) is 90.1 cm³/mol. The minimum Gasteiger partial charge on any atom is -0.394 e. The molecule has 3 atom stereocenters. The van der Waals surface area contributed by atoms with Gasteiger partial charge < -0.3 is 26.0 Å². The van der Waals surface area contributed by atoms with Crippen molar-refractivity contribution in [3.05, 3.63) is 16.2 Å². The molecule has 0 radical (unpaired) electrons. The van der Waals surface area contributed by atoms with Gasteiger partial charge >= 0.3 is 12.1 Å². The number of hydrogen-bond acceptors (Lipinski definition) is 8. The maximum atomic E-state index is 12.2. The highest BCUT2D eigenvalue weighted by Crippen LogP contribution is 2.31. The van der Waals surface area contributed by atoms with E-state index in [1.54, 1.807) is 5.32 Å². The first-order chi connectivity index (χ1) is 13.6. The average molecular weight is 416 g/mol. The number of nitrogens with one attached hydrogen (secondary N) is 2. The zero-order valence-corrected chi connectivity index (χ0v) is 14.5. The molecule has 14 heteroatoms. The van der Waals surface area contributed by atoms with Crippen molar-refractivity contribution in [3.63, 3.8) is 0 Å². The van der Waals surface area contributed by atoms with Gasteiger partial charge in [0, 0.05) is 6.42 Å². The minimum atomic E-state index is -5.04. The maximum Gasteiger partial charge on any atom is 0.471 e. The zero-order valence-electron chi connectivity index (χ0n) is 14.5. The van der Waals surface area contributed by atoms with E-state index < -0.39 is 49.2 Å². The third kappa shape index (κ3) is 4.16. The summed E-state index contributed by atoms with van der Waals surface area (Å²) in [5.74, 6) is 2.25. The van der Waals surface area contributed by atoms with Gasteiger partial charge in [-0.3, -0.25) is 19.1 Å². The Balaban J connectivity index is 1.97. The molecule has 0 saturated carbocycles. The maximum absolute atomic E-state index is 12.2. The van der Waals surface area contributed by atoms with E-state index in [0.717, 1.165) is 0 Å². The molecule has 0 aromatic carbocycles. The molecule has 156 valence electrons. The second-order valence-electron chi connectivity index (χ2n) is 6.03. The fraction of sp³-hybridized carbons (Fsp3) is 0.467. The monoisotopic (exact) mass is 416 g/mol. The molecule has 1 fully saturated rings. The molecule has 11 nitrogen and oxygen atoms in total. The minimum absolute atomic E-state index is 0.00452. The van der Waals surface area contributed by atoms with E-state index in [2.05, 4.69) is 26.8 Å². The number of hydrogen-bond donors (Lipinski definition) is 5. The highest BCUT2D eigenvalue weighted by molar-refractivity contribution is 5.81. The van der Waals surface area contributed by atoms with Crippen molar-refractivity contribution in [1.82, 2.24) is 24.8 Å². The third-order valence-corrected chi connectivity index (χ3v) is 4.04. The smallest absolute Gasteiger partial charge is 0.394 e. The van der Waals surface area contributed by atoms with Gasteiger partial charge in [-0.1, -0.05) is 5.92 Å². The van der Waals surface area contributed by atoms with Gasteiger partial charge in [-0.15, -0.1) is 0 Å². The summed E-state index contributed by atoms with van der Waals surface area (Å²) in [6.07, 6.45) is -7.88. The molecule has 2 aromatic heterocycles. The van der Waals surface area contributed by atoms with E-state index in [1.807, 2.05) is 0 Å². The number of aromatic nitrogens is 4. The largest absolute Gasteiger partial charge is 0.471 e. The number of fused-ring (bicyclic) bond motifs is 1. The first-order valence-electron chi connectivity index (χ1n) is 8.17. The summed E-state index contributed by atoms with van der Waals surface area (Å²) in [5, 5.41) is 20.8. The number of carbonyl (C=O) groups is 1. The zero-order chi connectivity index (χ0) is 21.3. The molecule has 2 aromatic rings. The normalized spacial score (nSPS) is 21.8. The number of imidazole rings is 1. The third-order valence-electron chi connectivity index (χ3n) is 4.04. The van der Waals surface area contributed by atoms with E-state index in [-0.39, 0.29) is 29.4 Å². The van der Waals surface area contributed by atoms with Crippen LogP contribution < -0.4 is 16.6 Å². The molecule has 6 N–H and O–H groups in total. The molecule has 0 bridgehead atoms. The van der Waals surface area contributed by atoms with E-state index in [1.165, 1.54) is 4.57 Å². The summed E-state index contributed by atoms with van der Waals surface area (Å²) in [4.78, 5) is 33.1. The lowest BCUT2D eigenvalue weighted by molar-refractivity contribution is -0.173. The molecule has 1 amide bonds. The summed E-state index contributed by atoms with van der Waals surface area (Å²) in [7, 11) is 0. The number of amides is 1. The number of anilines is 1. The summed E-state index contributed by atoms with van der Waals surface area (Å²) in [5.41, 5.74) is 4.69. The molecule has 1 aliphatic rings. The summed E-state index contributed by atoms with van der Waals surface area (Å²) < 4.78 is 43.4. The number of nitrogens with two attached hydrogens (primary N) is 1. The van der Waals surface area contributed by atoms with Gasteiger partial charge in [-0.25, -0.2) is 4.98 Å². The number of aliphatic hydroxyl groups excluding tert-OH is 2. The molecule has 29 heavy (non-hydrogen) atoms. The van der Waals surface area contributed by atoms with Gasteiger partial charge in [0.05, 0.1) is 19.3 Å². The van der Waals surface area contributed by atoms with Gasteiger partial charge in [-0.2, -0.15) is 18.2 Å². The Morgan fingerprint density at radius 2 is 2.17 bits per heavy atom. The molecule has 1 aliphatic heterocycles. The number of aliphatic hydroxyl groups is 2. The fourth-order valence-corrected chi connectivity index (χ4v) is 2.75. The number of alkyl halides is 3. The first-order valence-corrected chi connectivity index (χ1v) is 8.17. The van der Waals surface area contributed by atoms with Crippen molar-refractivity contribution >= 4 is 23.0 Å². The molecule has 3 rings (SSSR count). The van der Waals surface area contributed by atoms with Crippen LogP contribution in [0.1, 0.15) is 18.5 Å². The quantitative estimate of drug-likeness (QED) is 0.372. The van der Waals surface area contributed by atoms with Crippen LogP contribution >= 0.6 is 0 Å². The number of aromatic amines is 1. The Bertz CT molecular complexity index is 1050. The van der Waals surface area contributed by atoms with Gasteiger partial charge in [0.1, 0.15) is 12.3 Å². The van der Waals surface area contributed by atoms with Crippen LogP contribution in [0, 0.1) is 11.8 Å². The highest BCUT2D eigenvalue weighted by Gasteiger charge is 2.38. The Labute approximate surface area is 159 Å². The van der Waals surface area contributed by atoms with E-state index in [4.69, 9.17) is 10.5 Å². The number of halogens is 3. The van der Waals surface area contributed by atoms with Gasteiger partial charge in [-0.05, 0) is 5.92 Å². The molecule has 0 unspecified atom stereocenters. The molecule has 0 aliphatic carbocycles. The van der Waals surface area contributed by atoms with Gasteiger partial charge in [0.25, 0.3) is 5.56 Å². The lowest BCUT2D eigenvalue weighted by Gasteiger charge is -2.15. The number of rotatable bonds is 3. The second kappa shape index (κ2) is 7.70. The second-order valence-corrected chi connectivity index (χ2v) is 6.03. The van der Waals surface area contributed by atoms with Crippen LogP contribution in [0.3, 0.4) is 0 Å². The van der Waals surface area contributed by atoms with Crippen molar-refractivity contribution in [2.24, 2.45) is 0 Å². The Hall–Kier alpha value is -3.15. The predicted octanol–water partition coefficient (Wildman–Crippen LogP) is -1.63. The van der Waals surface area contributed by atoms with Crippen molar-refractivity contribution < 1.29 is 32.9 Å². The van der Waals surface area contributed by atoms with Crippen molar-refractivity contribution in [3.8, 4) is 11.8 Å². The van der Waals surface area contributed by atoms with Crippen LogP contribution in [-0.2, 0) is 9.53 Å². The lowest BCUT2D eigenvalue weighted by atomic mass is 10.2. The summed E-state index contributed by atoms with van der Waals surface area (Å²) >= 11 is 0. The van der Waals surface area contributed by atoms with Crippen LogP contribution in [0.4, 0.5) is 19.1 Å². The lowest BCUT2D eigenvalue weighted by Crippen LogP contribution is -2.36. The molecule has 0 spiro atoms. The summed E-state index contributed by atoms with van der Waals surface area (Å²) in [6.45, 7) is -1.11. The van der Waals surface area contributed by atoms with Crippen molar-refractivity contribution in [2.75, 3.05) is 18.9 Å². The topological polar surface area (TPSA) is 168 Å². The number of H-pyrrole nitrogens is 1. The van der Waals surface area contributed by atoms with Crippen LogP contribution in [-0.4, -0.2) is 67.2 Å². The van der Waals surface area contributed by atoms with E-state index >= 15 is 0 Å². The molecular weight excluding hydrogens is 401 g/mol. The van der Waals surface area contributed by atoms with Crippen molar-refractivity contribution in [2.45, 2.75) is 31.0 Å². The number of carbonyl (C=O) groups excluding carboxylic acids is 1. The first kappa shape index (κ1) is 20.6. The van der Waals surface area contributed by atoms with E-state index in [0.29, 0.717) is 0 Å². The number of nitrogens with zero attached hydrogens (tertiary/aromatic N) is 3. The molecule has 1 saturated heterocycles. The van der Waals surface area contributed by atoms with E-state index in [9.17, 15) is 33.0 Å². The Morgan fingerprint density at radius 3 is 2.79 bits per heavy atom. The highest BCUT2D eigenvalue weighted by atomic mass is 19.4. The number of nitrogen functional groups attached to an aromatic ring is 1. The van der Waals surface area contributed by atoms with Crippen LogP contribution in [0.25, 0.3) is 11.2 Å². The van der Waals surface area contributed by atoms with Gasteiger partial charge in [0.2, 0.25) is 5.95 Å². The molecular formula is C15H15F3N6O5. The van der Waals surface area contributed by atoms with Crippen LogP contribution in [0.2, 0.25) is 0 Å². The van der Waals surface area contributed by atoms with Crippen molar-refractivity contribution in [1.29, 1.82) is 0 Å². The Kier molecular flexibility index (Phi) is 5.46. The van der Waals surface area contributed by atoms with Crippen LogP contribution in [0.5, 0.6) is 0 Å². The number of ether oxygens (including phenoxy) is 1. The van der Waals surface area contributed by atoms with Gasteiger partial charge in [0.15, 0.2) is 17.0 Å². The summed E-state index contributed by atoms with van der Waals surface area (Å²) in [6, 6.07) is 0. The molecule has 3 heterocycles. The van der Waals surface area contributed by atoms with Crippen LogP contribution in [0.15, 0.2) is 4.79 Å². The fourth-order valence-electron chi connectivity index (χ4n) is 2.75. The average Bonchev–Trinajstić information content (AvgIpc) is 3.17.